The summed E-state index contributed by atoms with van der Waals surface area (Å²) in [6.07, 6.45) is 0.0216. The number of hydrogen-bond acceptors (Lipinski definition) is 5. The topological polar surface area (TPSA) is 73.9 Å². The van der Waals surface area contributed by atoms with E-state index >= 15 is 0 Å². The summed E-state index contributed by atoms with van der Waals surface area (Å²) in [5.74, 6) is 0.570. The Morgan fingerprint density at radius 1 is 1.12 bits per heavy atom. The number of amides is 1. The fourth-order valence-electron chi connectivity index (χ4n) is 2.58. The molecule has 3 rings (SSSR count). The molecule has 6 nitrogen and oxygen atoms in total. The van der Waals surface area contributed by atoms with Crippen molar-refractivity contribution in [1.29, 1.82) is 0 Å². The molecule has 0 radical (unpaired) electrons. The van der Waals surface area contributed by atoms with Gasteiger partial charge in [0.15, 0.2) is 11.5 Å². The van der Waals surface area contributed by atoms with E-state index in [2.05, 4.69) is 5.32 Å². The SMILES string of the molecule is COC(=O)C[C@H](NC(=O)c1ccc(C)cc1)c1ccc2c(c1)OCO2. The second kappa shape index (κ2) is 7.25. The summed E-state index contributed by atoms with van der Waals surface area (Å²) in [5.41, 5.74) is 2.34. The van der Waals surface area contributed by atoms with Crippen molar-refractivity contribution in [3.05, 3.63) is 59.2 Å². The normalized spacial score (nSPS) is 13.2. The Labute approximate surface area is 145 Å². The number of aryl methyl sites for hydroxylation is 1. The maximum absolute atomic E-state index is 12.5. The molecule has 0 aliphatic carbocycles. The number of hydrogen-bond donors (Lipinski definition) is 1. The Kier molecular flexibility index (Phi) is 4.88. The van der Waals surface area contributed by atoms with Gasteiger partial charge in [0.25, 0.3) is 5.91 Å². The minimum absolute atomic E-state index is 0.0216. The van der Waals surface area contributed by atoms with E-state index in [1.807, 2.05) is 19.1 Å². The number of nitrogens with one attached hydrogen (secondary N) is 1. The van der Waals surface area contributed by atoms with Crippen molar-refractivity contribution in [3.8, 4) is 11.5 Å². The van der Waals surface area contributed by atoms with E-state index in [0.717, 1.165) is 11.1 Å². The fourth-order valence-corrected chi connectivity index (χ4v) is 2.58. The van der Waals surface area contributed by atoms with Crippen LogP contribution in [0.2, 0.25) is 0 Å². The Morgan fingerprint density at radius 3 is 2.56 bits per heavy atom. The lowest BCUT2D eigenvalue weighted by Gasteiger charge is -2.19. The zero-order chi connectivity index (χ0) is 17.8. The molecule has 0 aromatic heterocycles. The summed E-state index contributed by atoms with van der Waals surface area (Å²) in [6, 6.07) is 12.0. The predicted octanol–water partition coefficient (Wildman–Crippen LogP) is 2.76. The van der Waals surface area contributed by atoms with Gasteiger partial charge in [-0.15, -0.1) is 0 Å². The van der Waals surface area contributed by atoms with Gasteiger partial charge in [-0.05, 0) is 36.8 Å². The first-order chi connectivity index (χ1) is 12.1. The van der Waals surface area contributed by atoms with Crippen LogP contribution in [-0.2, 0) is 9.53 Å². The highest BCUT2D eigenvalue weighted by molar-refractivity contribution is 5.94. The maximum Gasteiger partial charge on any atom is 0.307 e. The van der Waals surface area contributed by atoms with Crippen LogP contribution < -0.4 is 14.8 Å². The van der Waals surface area contributed by atoms with Gasteiger partial charge in [-0.1, -0.05) is 23.8 Å². The summed E-state index contributed by atoms with van der Waals surface area (Å²) in [4.78, 5) is 24.3. The van der Waals surface area contributed by atoms with Gasteiger partial charge in [0.2, 0.25) is 6.79 Å². The predicted molar refractivity (Wildman–Crippen MR) is 90.6 cm³/mol. The van der Waals surface area contributed by atoms with E-state index < -0.39 is 12.0 Å². The van der Waals surface area contributed by atoms with Crippen molar-refractivity contribution in [2.24, 2.45) is 0 Å². The average Bonchev–Trinajstić information content (AvgIpc) is 3.09. The molecule has 1 atom stereocenters. The first-order valence-electron chi connectivity index (χ1n) is 7.90. The fraction of sp³-hybridized carbons (Fsp3) is 0.263. The summed E-state index contributed by atoms with van der Waals surface area (Å²) in [7, 11) is 1.32. The zero-order valence-corrected chi connectivity index (χ0v) is 14.1. The lowest BCUT2D eigenvalue weighted by atomic mass is 10.0. The molecule has 1 amide bonds. The van der Waals surface area contributed by atoms with Crippen molar-refractivity contribution in [2.45, 2.75) is 19.4 Å². The summed E-state index contributed by atoms with van der Waals surface area (Å²) in [5, 5.41) is 2.89. The van der Waals surface area contributed by atoms with Crippen molar-refractivity contribution in [3.63, 3.8) is 0 Å². The van der Waals surface area contributed by atoms with Gasteiger partial charge in [-0.25, -0.2) is 0 Å². The highest BCUT2D eigenvalue weighted by atomic mass is 16.7. The van der Waals surface area contributed by atoms with E-state index in [0.29, 0.717) is 17.1 Å². The number of esters is 1. The second-order valence-electron chi connectivity index (χ2n) is 5.79. The molecular weight excluding hydrogens is 322 g/mol. The minimum atomic E-state index is -0.532. The molecule has 2 aromatic carbocycles. The zero-order valence-electron chi connectivity index (χ0n) is 14.1. The van der Waals surface area contributed by atoms with Gasteiger partial charge < -0.3 is 19.5 Å². The van der Waals surface area contributed by atoms with Crippen LogP contribution in [0.4, 0.5) is 0 Å². The minimum Gasteiger partial charge on any atom is -0.469 e. The number of carbonyl (C=O) groups excluding carboxylic acids is 2. The molecule has 1 N–H and O–H groups in total. The molecular formula is C19H19NO5. The molecule has 1 aliphatic heterocycles. The number of rotatable bonds is 5. The lowest BCUT2D eigenvalue weighted by molar-refractivity contribution is -0.141. The first kappa shape index (κ1) is 16.8. The Bertz CT molecular complexity index is 785. The molecule has 0 saturated heterocycles. The number of carbonyl (C=O) groups is 2. The summed E-state index contributed by atoms with van der Waals surface area (Å²) < 4.78 is 15.4. The molecule has 0 spiro atoms. The Morgan fingerprint density at radius 2 is 1.84 bits per heavy atom. The molecule has 0 bridgehead atoms. The van der Waals surface area contributed by atoms with E-state index in [-0.39, 0.29) is 19.1 Å². The van der Waals surface area contributed by atoms with Crippen molar-refractivity contribution >= 4 is 11.9 Å². The molecule has 0 fully saturated rings. The van der Waals surface area contributed by atoms with Crippen LogP contribution in [0.15, 0.2) is 42.5 Å². The third-order valence-electron chi connectivity index (χ3n) is 4.02. The van der Waals surface area contributed by atoms with Crippen LogP contribution in [-0.4, -0.2) is 25.8 Å². The lowest BCUT2D eigenvalue weighted by Crippen LogP contribution is -2.30. The maximum atomic E-state index is 12.5. The van der Waals surface area contributed by atoms with Crippen LogP contribution in [0.5, 0.6) is 11.5 Å². The number of methoxy groups -OCH3 is 1. The van der Waals surface area contributed by atoms with E-state index in [1.165, 1.54) is 7.11 Å². The van der Waals surface area contributed by atoms with Gasteiger partial charge in [0, 0.05) is 5.56 Å². The van der Waals surface area contributed by atoms with E-state index in [9.17, 15) is 9.59 Å². The van der Waals surface area contributed by atoms with E-state index in [1.54, 1.807) is 30.3 Å². The molecule has 1 heterocycles. The second-order valence-corrected chi connectivity index (χ2v) is 5.79. The molecule has 6 heteroatoms. The molecule has 2 aromatic rings. The van der Waals surface area contributed by atoms with E-state index in [4.69, 9.17) is 14.2 Å². The summed E-state index contributed by atoms with van der Waals surface area (Å²) >= 11 is 0. The number of benzene rings is 2. The summed E-state index contributed by atoms with van der Waals surface area (Å²) in [6.45, 7) is 2.12. The third kappa shape index (κ3) is 3.91. The molecule has 0 saturated carbocycles. The van der Waals surface area contributed by atoms with Gasteiger partial charge in [-0.3, -0.25) is 9.59 Å². The molecule has 1 aliphatic rings. The van der Waals surface area contributed by atoms with Crippen molar-refractivity contribution in [2.75, 3.05) is 13.9 Å². The first-order valence-corrected chi connectivity index (χ1v) is 7.90. The Balaban J connectivity index is 1.83. The molecule has 0 unspecified atom stereocenters. The molecule has 25 heavy (non-hydrogen) atoms. The largest absolute Gasteiger partial charge is 0.469 e. The number of fused-ring (bicyclic) bond motifs is 1. The van der Waals surface area contributed by atoms with Crippen molar-refractivity contribution < 1.29 is 23.8 Å². The van der Waals surface area contributed by atoms with Crippen molar-refractivity contribution in [1.82, 2.24) is 5.32 Å². The highest BCUT2D eigenvalue weighted by Crippen LogP contribution is 2.35. The highest BCUT2D eigenvalue weighted by Gasteiger charge is 2.22. The van der Waals surface area contributed by atoms with Crippen LogP contribution in [0.3, 0.4) is 0 Å². The van der Waals surface area contributed by atoms with Crippen LogP contribution in [0, 0.1) is 6.92 Å². The molecule has 130 valence electrons. The van der Waals surface area contributed by atoms with Gasteiger partial charge in [-0.2, -0.15) is 0 Å². The van der Waals surface area contributed by atoms with Gasteiger partial charge in [0.1, 0.15) is 0 Å². The van der Waals surface area contributed by atoms with Crippen LogP contribution >= 0.6 is 0 Å². The van der Waals surface area contributed by atoms with Crippen LogP contribution in [0.1, 0.15) is 33.9 Å². The standard InChI is InChI=1S/C19H19NO5/c1-12-3-5-13(6-4-12)19(22)20-15(10-18(21)23-2)14-7-8-16-17(9-14)25-11-24-16/h3-9,15H,10-11H2,1-2H3,(H,20,22)/t15-/m0/s1. The van der Waals surface area contributed by atoms with Gasteiger partial charge >= 0.3 is 5.97 Å². The van der Waals surface area contributed by atoms with Crippen LogP contribution in [0.25, 0.3) is 0 Å². The quantitative estimate of drug-likeness (QED) is 0.847. The third-order valence-corrected chi connectivity index (χ3v) is 4.02. The Hall–Kier alpha value is -3.02. The van der Waals surface area contributed by atoms with Gasteiger partial charge in [0.05, 0.1) is 19.6 Å². The average molecular weight is 341 g/mol. The number of ether oxygens (including phenoxy) is 3. The smallest absolute Gasteiger partial charge is 0.307 e. The monoisotopic (exact) mass is 341 g/mol.